The van der Waals surface area contributed by atoms with Gasteiger partial charge in [0.05, 0.1) is 5.69 Å². The Morgan fingerprint density at radius 2 is 2.42 bits per heavy atom. The van der Waals surface area contributed by atoms with Crippen molar-refractivity contribution in [2.75, 3.05) is 5.73 Å². The van der Waals surface area contributed by atoms with Crippen molar-refractivity contribution in [3.05, 3.63) is 17.6 Å². The zero-order valence-electron chi connectivity index (χ0n) is 6.56. The number of hydrogen-bond donors (Lipinski definition) is 1. The van der Waals surface area contributed by atoms with Crippen molar-refractivity contribution in [1.29, 1.82) is 0 Å². The highest BCUT2D eigenvalue weighted by atomic mass is 32.1. The Morgan fingerprint density at radius 1 is 1.58 bits per heavy atom. The van der Waals surface area contributed by atoms with Crippen molar-refractivity contribution in [2.45, 2.75) is 0 Å². The van der Waals surface area contributed by atoms with Crippen LogP contribution in [-0.4, -0.2) is 14.8 Å². The van der Waals surface area contributed by atoms with Crippen LogP contribution in [0.5, 0.6) is 0 Å². The Kier molecular flexibility index (Phi) is 1.58. The predicted molar refractivity (Wildman–Crippen MR) is 48.7 cm³/mol. The number of nitrogen functional groups attached to an aromatic ring is 1. The normalized spacial score (nSPS) is 10.4. The van der Waals surface area contributed by atoms with Gasteiger partial charge in [0, 0.05) is 18.6 Å². The molecule has 2 aromatic rings. The van der Waals surface area contributed by atoms with Crippen LogP contribution in [0.1, 0.15) is 0 Å². The lowest BCUT2D eigenvalue weighted by atomic mass is 10.3. The maximum absolute atomic E-state index is 5.51. The molecule has 0 spiro atoms. The summed E-state index contributed by atoms with van der Waals surface area (Å²) in [5.74, 6) is 0. The van der Waals surface area contributed by atoms with Crippen molar-refractivity contribution in [3.8, 4) is 11.4 Å². The highest BCUT2D eigenvalue weighted by molar-refractivity contribution is 7.13. The summed E-state index contributed by atoms with van der Waals surface area (Å²) in [6.07, 6.45) is 1.74. The van der Waals surface area contributed by atoms with E-state index in [1.165, 1.54) is 11.3 Å². The van der Waals surface area contributed by atoms with Crippen molar-refractivity contribution in [1.82, 2.24) is 14.8 Å². The first-order valence-electron chi connectivity index (χ1n) is 3.47. The van der Waals surface area contributed by atoms with Crippen LogP contribution in [0.15, 0.2) is 17.6 Å². The van der Waals surface area contributed by atoms with Gasteiger partial charge in [-0.25, -0.2) is 4.98 Å². The Hall–Kier alpha value is -1.36. The molecule has 0 radical (unpaired) electrons. The number of nitrogens with zero attached hydrogens (tertiary/aromatic N) is 3. The van der Waals surface area contributed by atoms with Gasteiger partial charge < -0.3 is 5.73 Å². The van der Waals surface area contributed by atoms with E-state index in [-0.39, 0.29) is 0 Å². The van der Waals surface area contributed by atoms with E-state index in [1.54, 1.807) is 10.9 Å². The molecule has 0 unspecified atom stereocenters. The SMILES string of the molecule is Cn1nccc1-c1csc(N)n1. The van der Waals surface area contributed by atoms with Crippen LogP contribution in [0.2, 0.25) is 0 Å². The Labute approximate surface area is 73.7 Å². The van der Waals surface area contributed by atoms with Crippen molar-refractivity contribution in [3.63, 3.8) is 0 Å². The number of nitrogens with two attached hydrogens (primary N) is 1. The molecule has 0 aliphatic heterocycles. The molecule has 0 aliphatic carbocycles. The lowest BCUT2D eigenvalue weighted by Crippen LogP contribution is -1.93. The number of rotatable bonds is 1. The summed E-state index contributed by atoms with van der Waals surface area (Å²) < 4.78 is 1.77. The smallest absolute Gasteiger partial charge is 0.180 e. The second kappa shape index (κ2) is 2.60. The van der Waals surface area contributed by atoms with Crippen LogP contribution in [0.25, 0.3) is 11.4 Å². The molecule has 0 atom stereocenters. The largest absolute Gasteiger partial charge is 0.375 e. The number of aromatic nitrogens is 3. The van der Waals surface area contributed by atoms with Gasteiger partial charge >= 0.3 is 0 Å². The molecule has 2 aromatic heterocycles. The van der Waals surface area contributed by atoms with Crippen molar-refractivity contribution >= 4 is 16.5 Å². The fourth-order valence-electron chi connectivity index (χ4n) is 1.03. The lowest BCUT2D eigenvalue weighted by Gasteiger charge is -1.94. The van der Waals surface area contributed by atoms with E-state index >= 15 is 0 Å². The summed E-state index contributed by atoms with van der Waals surface area (Å²) in [4.78, 5) is 4.15. The monoisotopic (exact) mass is 180 g/mol. The van der Waals surface area contributed by atoms with Crippen LogP contribution >= 0.6 is 11.3 Å². The molecular weight excluding hydrogens is 172 g/mol. The topological polar surface area (TPSA) is 56.7 Å². The minimum absolute atomic E-state index is 0.589. The Bertz CT molecular complexity index is 390. The minimum Gasteiger partial charge on any atom is -0.375 e. The van der Waals surface area contributed by atoms with Crippen molar-refractivity contribution < 1.29 is 0 Å². The molecule has 2 heterocycles. The first-order chi connectivity index (χ1) is 5.77. The van der Waals surface area contributed by atoms with E-state index in [4.69, 9.17) is 5.73 Å². The number of thiazole rings is 1. The molecule has 0 aromatic carbocycles. The fourth-order valence-corrected chi connectivity index (χ4v) is 1.59. The molecule has 0 fully saturated rings. The standard InChI is InChI=1S/C7H8N4S/c1-11-6(2-3-9-11)5-4-12-7(8)10-5/h2-4H,1H3,(H2,8,10). The van der Waals surface area contributed by atoms with Gasteiger partial charge in [-0.2, -0.15) is 5.10 Å². The molecule has 2 rings (SSSR count). The van der Waals surface area contributed by atoms with Gasteiger partial charge in [0.25, 0.3) is 0 Å². The maximum Gasteiger partial charge on any atom is 0.180 e. The van der Waals surface area contributed by atoms with E-state index in [0.717, 1.165) is 11.4 Å². The summed E-state index contributed by atoms with van der Waals surface area (Å²) in [7, 11) is 1.88. The van der Waals surface area contributed by atoms with E-state index in [1.807, 2.05) is 18.5 Å². The minimum atomic E-state index is 0.589. The average Bonchev–Trinajstić information content (AvgIpc) is 2.58. The third kappa shape index (κ3) is 1.08. The van der Waals surface area contributed by atoms with Crippen LogP contribution in [0.3, 0.4) is 0 Å². The van der Waals surface area contributed by atoms with Crippen LogP contribution in [0, 0.1) is 0 Å². The molecule has 0 amide bonds. The molecule has 0 saturated carbocycles. The summed E-state index contributed by atoms with van der Waals surface area (Å²) in [5, 5.41) is 6.55. The number of hydrogen-bond acceptors (Lipinski definition) is 4. The van der Waals surface area contributed by atoms with Crippen molar-refractivity contribution in [2.24, 2.45) is 7.05 Å². The molecule has 5 heteroatoms. The fraction of sp³-hybridized carbons (Fsp3) is 0.143. The van der Waals surface area contributed by atoms with Gasteiger partial charge in [-0.05, 0) is 6.07 Å². The van der Waals surface area contributed by atoms with Crippen LogP contribution in [0.4, 0.5) is 5.13 Å². The highest BCUT2D eigenvalue weighted by Crippen LogP contribution is 2.21. The average molecular weight is 180 g/mol. The molecular formula is C7H8N4S. The zero-order chi connectivity index (χ0) is 8.55. The molecule has 12 heavy (non-hydrogen) atoms. The van der Waals surface area contributed by atoms with Gasteiger partial charge in [0.2, 0.25) is 0 Å². The summed E-state index contributed by atoms with van der Waals surface area (Å²) in [5.41, 5.74) is 7.39. The second-order valence-corrected chi connectivity index (χ2v) is 3.30. The van der Waals surface area contributed by atoms with Gasteiger partial charge in [-0.15, -0.1) is 11.3 Å². The number of aryl methyl sites for hydroxylation is 1. The predicted octanol–water partition coefficient (Wildman–Crippen LogP) is 1.13. The first-order valence-corrected chi connectivity index (χ1v) is 4.35. The number of anilines is 1. The van der Waals surface area contributed by atoms with E-state index in [0.29, 0.717) is 5.13 Å². The Morgan fingerprint density at radius 3 is 2.92 bits per heavy atom. The first kappa shape index (κ1) is 7.30. The summed E-state index contributed by atoms with van der Waals surface area (Å²) >= 11 is 1.44. The van der Waals surface area contributed by atoms with Gasteiger partial charge in [-0.3, -0.25) is 4.68 Å². The van der Waals surface area contributed by atoms with E-state index in [9.17, 15) is 0 Å². The third-order valence-corrected chi connectivity index (χ3v) is 2.28. The highest BCUT2D eigenvalue weighted by Gasteiger charge is 2.05. The zero-order valence-corrected chi connectivity index (χ0v) is 7.38. The molecule has 0 saturated heterocycles. The lowest BCUT2D eigenvalue weighted by molar-refractivity contribution is 0.774. The molecule has 0 aliphatic rings. The molecule has 62 valence electrons. The maximum atomic E-state index is 5.51. The molecule has 2 N–H and O–H groups in total. The molecule has 0 bridgehead atoms. The van der Waals surface area contributed by atoms with E-state index < -0.39 is 0 Å². The van der Waals surface area contributed by atoms with Gasteiger partial charge in [0.15, 0.2) is 5.13 Å². The Balaban J connectivity index is 2.50. The summed E-state index contributed by atoms with van der Waals surface area (Å²) in [6, 6.07) is 1.91. The van der Waals surface area contributed by atoms with Gasteiger partial charge in [-0.1, -0.05) is 0 Å². The van der Waals surface area contributed by atoms with Crippen LogP contribution in [-0.2, 0) is 7.05 Å². The third-order valence-electron chi connectivity index (χ3n) is 1.61. The van der Waals surface area contributed by atoms with Gasteiger partial charge in [0.1, 0.15) is 5.69 Å². The van der Waals surface area contributed by atoms with E-state index in [2.05, 4.69) is 10.1 Å². The molecule has 4 nitrogen and oxygen atoms in total. The second-order valence-electron chi connectivity index (χ2n) is 2.41. The quantitative estimate of drug-likeness (QED) is 0.715. The van der Waals surface area contributed by atoms with Crippen LogP contribution < -0.4 is 5.73 Å². The summed E-state index contributed by atoms with van der Waals surface area (Å²) in [6.45, 7) is 0.